The molecule has 6 nitrogen and oxygen atoms in total. The van der Waals surface area contributed by atoms with Gasteiger partial charge in [-0.25, -0.2) is 9.98 Å². The molecule has 0 amide bonds. The number of hydrogen-bond donors (Lipinski definition) is 1. The van der Waals surface area contributed by atoms with Gasteiger partial charge in [0.05, 0.1) is 18.6 Å². The van der Waals surface area contributed by atoms with E-state index in [-0.39, 0.29) is 12.1 Å². The number of benzene rings is 1. The number of hydrogen-bond acceptors (Lipinski definition) is 6. The molecule has 3 aliphatic rings. The highest BCUT2D eigenvalue weighted by atomic mass is 19.1. The van der Waals surface area contributed by atoms with Crippen LogP contribution in [0.2, 0.25) is 0 Å². The standard InChI is InChI=1S/C20H20FN3O3/c1-19-10-25-8-6-16(19)27-15-5-4-12(13-3-2-7-23-17(13)21)9-14(15)20(19)11-26-18(22)24-20/h2-5,7,9,16H,6,8,10-11H2,1H3,(H2,22,24)/t16-,19-,20+/m1/s1. The summed E-state index contributed by atoms with van der Waals surface area (Å²) in [5.74, 6) is 0.216. The highest BCUT2D eigenvalue weighted by Gasteiger charge is 2.62. The van der Waals surface area contributed by atoms with Crippen LogP contribution in [0.15, 0.2) is 41.5 Å². The van der Waals surface area contributed by atoms with Crippen LogP contribution >= 0.6 is 0 Å². The number of aromatic nitrogens is 1. The monoisotopic (exact) mass is 369 g/mol. The van der Waals surface area contributed by atoms with Crippen molar-refractivity contribution in [3.63, 3.8) is 0 Å². The van der Waals surface area contributed by atoms with Gasteiger partial charge >= 0.3 is 0 Å². The maximum Gasteiger partial charge on any atom is 0.283 e. The van der Waals surface area contributed by atoms with Crippen molar-refractivity contribution in [3.05, 3.63) is 48.0 Å². The smallest absolute Gasteiger partial charge is 0.283 e. The molecule has 140 valence electrons. The van der Waals surface area contributed by atoms with Crippen LogP contribution in [-0.2, 0) is 15.0 Å². The van der Waals surface area contributed by atoms with Crippen LogP contribution in [0.3, 0.4) is 0 Å². The summed E-state index contributed by atoms with van der Waals surface area (Å²) in [6.07, 6.45) is 2.15. The van der Waals surface area contributed by atoms with Crippen molar-refractivity contribution in [1.82, 2.24) is 4.98 Å². The van der Waals surface area contributed by atoms with Crippen molar-refractivity contribution in [2.75, 3.05) is 19.8 Å². The molecule has 27 heavy (non-hydrogen) atoms. The Morgan fingerprint density at radius 2 is 2.15 bits per heavy atom. The average molecular weight is 369 g/mol. The Kier molecular flexibility index (Phi) is 3.46. The van der Waals surface area contributed by atoms with Gasteiger partial charge in [-0.1, -0.05) is 13.0 Å². The third-order valence-corrected chi connectivity index (χ3v) is 6.08. The van der Waals surface area contributed by atoms with Gasteiger partial charge in [0.1, 0.15) is 24.0 Å². The van der Waals surface area contributed by atoms with Crippen molar-refractivity contribution in [2.24, 2.45) is 16.1 Å². The quantitative estimate of drug-likeness (QED) is 0.782. The van der Waals surface area contributed by atoms with Gasteiger partial charge in [0.15, 0.2) is 0 Å². The topological polar surface area (TPSA) is 79.0 Å². The van der Waals surface area contributed by atoms with Gasteiger partial charge in [0, 0.05) is 23.7 Å². The predicted molar refractivity (Wildman–Crippen MR) is 96.8 cm³/mol. The lowest BCUT2D eigenvalue weighted by molar-refractivity contribution is -0.134. The molecule has 0 aliphatic carbocycles. The molecular formula is C20H20FN3O3. The first-order chi connectivity index (χ1) is 13.0. The van der Waals surface area contributed by atoms with Gasteiger partial charge in [-0.3, -0.25) is 0 Å². The maximum atomic E-state index is 14.2. The molecular weight excluding hydrogens is 349 g/mol. The summed E-state index contributed by atoms with van der Waals surface area (Å²) in [7, 11) is 0. The summed E-state index contributed by atoms with van der Waals surface area (Å²) >= 11 is 0. The largest absolute Gasteiger partial charge is 0.489 e. The molecule has 0 saturated carbocycles. The summed E-state index contributed by atoms with van der Waals surface area (Å²) in [5.41, 5.74) is 6.74. The second-order valence-electron chi connectivity index (χ2n) is 7.52. The Labute approximate surface area is 156 Å². The van der Waals surface area contributed by atoms with Crippen LogP contribution in [0, 0.1) is 11.4 Å². The Balaban J connectivity index is 1.73. The molecule has 0 unspecified atom stereocenters. The number of halogens is 1. The van der Waals surface area contributed by atoms with E-state index in [4.69, 9.17) is 24.9 Å². The molecule has 0 bridgehead atoms. The van der Waals surface area contributed by atoms with Gasteiger partial charge in [-0.05, 0) is 29.8 Å². The summed E-state index contributed by atoms with van der Waals surface area (Å²) in [5, 5.41) is 0. The summed E-state index contributed by atoms with van der Waals surface area (Å²) < 4.78 is 32.0. The highest BCUT2D eigenvalue weighted by Crippen LogP contribution is 2.57. The van der Waals surface area contributed by atoms with Crippen LogP contribution < -0.4 is 10.5 Å². The van der Waals surface area contributed by atoms with E-state index in [1.807, 2.05) is 18.2 Å². The van der Waals surface area contributed by atoms with E-state index in [9.17, 15) is 4.39 Å². The Hall–Kier alpha value is -2.67. The van der Waals surface area contributed by atoms with E-state index in [0.29, 0.717) is 30.9 Å². The van der Waals surface area contributed by atoms with Crippen molar-refractivity contribution in [3.8, 4) is 16.9 Å². The number of nitrogens with zero attached hydrogens (tertiary/aromatic N) is 2. The van der Waals surface area contributed by atoms with E-state index in [0.717, 1.165) is 17.7 Å². The SMILES string of the molecule is C[C@@]12COCC[C@H]1Oc1ccc(-c3cccnc3F)cc1[C@@]21COC(N)=N1. The van der Waals surface area contributed by atoms with Crippen LogP contribution in [0.1, 0.15) is 18.9 Å². The molecule has 1 aromatic carbocycles. The zero-order valence-electron chi connectivity index (χ0n) is 14.9. The zero-order chi connectivity index (χ0) is 18.6. The normalized spacial score (nSPS) is 31.5. The van der Waals surface area contributed by atoms with Gasteiger partial charge in [0.25, 0.3) is 6.02 Å². The van der Waals surface area contributed by atoms with Crippen molar-refractivity contribution in [1.29, 1.82) is 0 Å². The number of rotatable bonds is 1. The average Bonchev–Trinajstić information content (AvgIpc) is 3.07. The van der Waals surface area contributed by atoms with E-state index in [1.54, 1.807) is 12.1 Å². The summed E-state index contributed by atoms with van der Waals surface area (Å²) in [6, 6.07) is 9.21. The summed E-state index contributed by atoms with van der Waals surface area (Å²) in [6.45, 7) is 3.54. The molecule has 5 rings (SSSR count). The third-order valence-electron chi connectivity index (χ3n) is 6.08. The Morgan fingerprint density at radius 3 is 2.93 bits per heavy atom. The molecule has 7 heteroatoms. The number of fused-ring (bicyclic) bond motifs is 4. The first kappa shape index (κ1) is 16.5. The number of pyridine rings is 1. The minimum atomic E-state index is -0.732. The van der Waals surface area contributed by atoms with Crippen molar-refractivity contribution in [2.45, 2.75) is 25.0 Å². The molecule has 0 radical (unpaired) electrons. The fourth-order valence-electron chi connectivity index (χ4n) is 4.51. The second kappa shape index (κ2) is 5.66. The maximum absolute atomic E-state index is 14.2. The summed E-state index contributed by atoms with van der Waals surface area (Å²) in [4.78, 5) is 8.49. The minimum Gasteiger partial charge on any atom is -0.489 e. The molecule has 1 spiro atoms. The number of nitrogens with two attached hydrogens (primary N) is 1. The lowest BCUT2D eigenvalue weighted by atomic mass is 9.61. The fourth-order valence-corrected chi connectivity index (χ4v) is 4.51. The molecule has 3 atom stereocenters. The molecule has 1 fully saturated rings. The molecule has 2 N–H and O–H groups in total. The molecule has 1 aromatic heterocycles. The van der Waals surface area contributed by atoms with E-state index < -0.39 is 16.9 Å². The predicted octanol–water partition coefficient (Wildman–Crippen LogP) is 2.62. The van der Waals surface area contributed by atoms with E-state index >= 15 is 0 Å². The van der Waals surface area contributed by atoms with Gasteiger partial charge < -0.3 is 19.9 Å². The molecule has 1 saturated heterocycles. The lowest BCUT2D eigenvalue weighted by Gasteiger charge is -2.53. The molecule has 3 aliphatic heterocycles. The number of amidine groups is 1. The third kappa shape index (κ3) is 2.21. The van der Waals surface area contributed by atoms with E-state index in [1.165, 1.54) is 6.20 Å². The van der Waals surface area contributed by atoms with Gasteiger partial charge in [-0.15, -0.1) is 0 Å². The highest BCUT2D eigenvalue weighted by molar-refractivity contribution is 5.76. The number of ether oxygens (including phenoxy) is 3. The minimum absolute atomic E-state index is 0.0574. The van der Waals surface area contributed by atoms with Crippen molar-refractivity contribution < 1.29 is 18.6 Å². The molecule has 4 heterocycles. The van der Waals surface area contributed by atoms with Crippen LogP contribution in [-0.4, -0.2) is 36.9 Å². The Bertz CT molecular complexity index is 950. The Morgan fingerprint density at radius 1 is 1.26 bits per heavy atom. The van der Waals surface area contributed by atoms with E-state index in [2.05, 4.69) is 11.9 Å². The lowest BCUT2D eigenvalue weighted by Crippen LogP contribution is -2.60. The van der Waals surface area contributed by atoms with Crippen LogP contribution in [0.4, 0.5) is 4.39 Å². The zero-order valence-corrected chi connectivity index (χ0v) is 14.9. The first-order valence-electron chi connectivity index (χ1n) is 9.01. The van der Waals surface area contributed by atoms with Gasteiger partial charge in [-0.2, -0.15) is 4.39 Å². The second-order valence-corrected chi connectivity index (χ2v) is 7.52. The van der Waals surface area contributed by atoms with Crippen LogP contribution in [0.25, 0.3) is 11.1 Å². The first-order valence-corrected chi connectivity index (χ1v) is 9.01. The molecule has 2 aromatic rings. The van der Waals surface area contributed by atoms with Crippen LogP contribution in [0.5, 0.6) is 5.75 Å². The number of aliphatic imine (C=N–C) groups is 1. The van der Waals surface area contributed by atoms with Crippen molar-refractivity contribution >= 4 is 6.02 Å². The van der Waals surface area contributed by atoms with Gasteiger partial charge in [0.2, 0.25) is 5.95 Å². The fraction of sp³-hybridized carbons (Fsp3) is 0.400.